The summed E-state index contributed by atoms with van der Waals surface area (Å²) in [6.07, 6.45) is 0. The van der Waals surface area contributed by atoms with Gasteiger partial charge in [-0.1, -0.05) is 84.9 Å². The Labute approximate surface area is 355 Å². The minimum Gasteiger partial charge on any atom is -0.306 e. The first-order chi connectivity index (χ1) is 29.8. The van der Waals surface area contributed by atoms with E-state index in [0.717, 1.165) is 68.2 Å². The molecule has 282 valence electrons. The quantitative estimate of drug-likeness (QED) is 0.176. The molecule has 0 bridgehead atoms. The second kappa shape index (κ2) is 13.1. The largest absolute Gasteiger partial charge is 0.306 e. The van der Waals surface area contributed by atoms with Crippen LogP contribution in [0.4, 0.5) is 68.2 Å². The van der Waals surface area contributed by atoms with E-state index in [1.54, 1.807) is 0 Å². The van der Waals surface area contributed by atoms with Crippen LogP contribution in [0.5, 0.6) is 0 Å². The van der Waals surface area contributed by atoms with Crippen LogP contribution in [0.2, 0.25) is 0 Å². The number of hydrogen-bond acceptors (Lipinski definition) is 6. The third-order valence-corrected chi connectivity index (χ3v) is 14.3. The number of fused-ring (bicyclic) bond motifs is 10. The van der Waals surface area contributed by atoms with E-state index in [1.807, 2.05) is 22.7 Å². The van der Waals surface area contributed by atoms with Gasteiger partial charge in [0.2, 0.25) is 0 Å². The number of anilines is 12. The lowest BCUT2D eigenvalue weighted by Crippen LogP contribution is -2.23. The van der Waals surface area contributed by atoms with Crippen molar-refractivity contribution < 1.29 is 0 Å². The molecular weight excluding hydrogens is 769 g/mol. The molecule has 0 saturated carbocycles. The van der Waals surface area contributed by atoms with Crippen molar-refractivity contribution in [1.82, 2.24) is 0 Å². The summed E-state index contributed by atoms with van der Waals surface area (Å²) in [5, 5.41) is 5.19. The SMILES string of the molecule is c1ccc(N2c3ccccc3N(c3ccc4sc5cc6c(cc5c4c3)sc3ccc(N4c5ccccc5N(c5ccccc5)c5ccccc54)cc36)c3ccccc32)cc1. The number of benzene rings is 9. The highest BCUT2D eigenvalue weighted by molar-refractivity contribution is 7.27. The molecule has 4 nitrogen and oxygen atoms in total. The molecule has 60 heavy (non-hydrogen) atoms. The zero-order valence-electron chi connectivity index (χ0n) is 32.2. The molecule has 4 heterocycles. The monoisotopic (exact) mass is 802 g/mol. The average molecular weight is 803 g/mol. The predicted molar refractivity (Wildman–Crippen MR) is 258 cm³/mol. The van der Waals surface area contributed by atoms with Gasteiger partial charge in [-0.25, -0.2) is 0 Å². The van der Waals surface area contributed by atoms with Gasteiger partial charge in [-0.05, 0) is 121 Å². The number of hydrogen-bond donors (Lipinski definition) is 0. The number of para-hydroxylation sites is 10. The molecule has 0 fully saturated rings. The maximum atomic E-state index is 2.44. The van der Waals surface area contributed by atoms with Crippen LogP contribution in [0.1, 0.15) is 0 Å². The van der Waals surface area contributed by atoms with Gasteiger partial charge in [0.05, 0.1) is 45.5 Å². The zero-order valence-corrected chi connectivity index (χ0v) is 33.9. The first kappa shape index (κ1) is 33.6. The van der Waals surface area contributed by atoms with Gasteiger partial charge < -0.3 is 19.6 Å². The summed E-state index contributed by atoms with van der Waals surface area (Å²) in [7, 11) is 0. The summed E-state index contributed by atoms with van der Waals surface area (Å²) < 4.78 is 5.21. The van der Waals surface area contributed by atoms with E-state index in [-0.39, 0.29) is 0 Å². The highest BCUT2D eigenvalue weighted by Gasteiger charge is 2.32. The van der Waals surface area contributed by atoms with Crippen LogP contribution in [-0.2, 0) is 0 Å². The van der Waals surface area contributed by atoms with Gasteiger partial charge in [0.15, 0.2) is 0 Å². The molecule has 13 rings (SSSR count). The van der Waals surface area contributed by atoms with Gasteiger partial charge in [0.1, 0.15) is 0 Å². The third kappa shape index (κ3) is 4.95. The minimum atomic E-state index is 1.15. The highest BCUT2D eigenvalue weighted by Crippen LogP contribution is 2.56. The molecule has 6 heteroatoms. The van der Waals surface area contributed by atoms with Crippen LogP contribution < -0.4 is 19.6 Å². The van der Waals surface area contributed by atoms with Crippen LogP contribution >= 0.6 is 22.7 Å². The molecule has 0 atom stereocenters. The van der Waals surface area contributed by atoms with Crippen molar-refractivity contribution in [2.24, 2.45) is 0 Å². The Morgan fingerprint density at radius 2 is 0.483 bits per heavy atom. The van der Waals surface area contributed by atoms with Crippen molar-refractivity contribution in [1.29, 1.82) is 0 Å². The molecule has 0 spiro atoms. The number of rotatable bonds is 4. The smallest absolute Gasteiger partial charge is 0.0703 e. The van der Waals surface area contributed by atoms with E-state index < -0.39 is 0 Å². The van der Waals surface area contributed by atoms with Gasteiger partial charge in [0.25, 0.3) is 0 Å². The molecule has 0 aliphatic carbocycles. The summed E-state index contributed by atoms with van der Waals surface area (Å²) in [5.41, 5.74) is 13.9. The fraction of sp³-hybridized carbons (Fsp3) is 0. The predicted octanol–water partition coefficient (Wildman–Crippen LogP) is 16.9. The average Bonchev–Trinajstić information content (AvgIpc) is 3.85. The maximum Gasteiger partial charge on any atom is 0.0703 e. The fourth-order valence-corrected chi connectivity index (χ4v) is 11.7. The van der Waals surface area contributed by atoms with Crippen LogP contribution in [0, 0.1) is 0 Å². The summed E-state index contributed by atoms with van der Waals surface area (Å²) in [6.45, 7) is 0. The van der Waals surface area contributed by atoms with E-state index in [1.165, 1.54) is 40.3 Å². The molecular formula is C54H34N4S2. The topological polar surface area (TPSA) is 13.0 Å². The lowest BCUT2D eigenvalue weighted by Gasteiger charge is -2.40. The van der Waals surface area contributed by atoms with Gasteiger partial charge >= 0.3 is 0 Å². The van der Waals surface area contributed by atoms with Crippen molar-refractivity contribution in [2.75, 3.05) is 19.6 Å². The summed E-state index contributed by atoms with van der Waals surface area (Å²) >= 11 is 3.77. The standard InChI is InChI=1S/C54H34N4S2/c1-3-15-35(16-4-1)55-43-19-7-11-23-47(43)57(48-24-12-8-20-44(48)55)37-27-29-51-39(31-37)41-33-54-42(34-53(41)59-51)40-32-38(28-30-52(40)60-54)58-49-25-13-9-21-45(49)56(36-17-5-2-6-18-36)46-22-10-14-26-50(46)58/h1-34H. The van der Waals surface area contributed by atoms with Crippen LogP contribution in [0.25, 0.3) is 40.3 Å². The normalized spacial score (nSPS) is 13.2. The van der Waals surface area contributed by atoms with Crippen molar-refractivity contribution in [2.45, 2.75) is 0 Å². The second-order valence-corrected chi connectivity index (χ2v) is 17.5. The van der Waals surface area contributed by atoms with E-state index in [9.17, 15) is 0 Å². The Kier molecular flexibility index (Phi) is 7.31. The van der Waals surface area contributed by atoms with E-state index >= 15 is 0 Å². The molecule has 0 saturated heterocycles. The summed E-state index contributed by atoms with van der Waals surface area (Å²) in [6, 6.07) is 75.3. The van der Waals surface area contributed by atoms with Crippen LogP contribution in [0.15, 0.2) is 206 Å². The molecule has 2 aromatic heterocycles. The summed E-state index contributed by atoms with van der Waals surface area (Å²) in [4.78, 5) is 9.63. The molecule has 11 aromatic rings. The fourth-order valence-electron chi connectivity index (χ4n) is 9.46. The van der Waals surface area contributed by atoms with Crippen LogP contribution in [0.3, 0.4) is 0 Å². The lowest BCUT2D eigenvalue weighted by molar-refractivity contribution is 1.17. The van der Waals surface area contributed by atoms with E-state index in [0.29, 0.717) is 0 Å². The van der Waals surface area contributed by atoms with Crippen molar-refractivity contribution in [3.05, 3.63) is 206 Å². The van der Waals surface area contributed by atoms with Gasteiger partial charge in [-0.2, -0.15) is 0 Å². The van der Waals surface area contributed by atoms with Gasteiger partial charge in [-0.3, -0.25) is 0 Å². The van der Waals surface area contributed by atoms with Crippen molar-refractivity contribution in [3.8, 4) is 0 Å². The lowest BCUT2D eigenvalue weighted by atomic mass is 10.0. The Morgan fingerprint density at radius 1 is 0.217 bits per heavy atom. The number of nitrogens with zero attached hydrogens (tertiary/aromatic N) is 4. The number of thiophene rings is 2. The second-order valence-electron chi connectivity index (χ2n) is 15.4. The summed E-state index contributed by atoms with van der Waals surface area (Å²) in [5.74, 6) is 0. The van der Waals surface area contributed by atoms with Crippen molar-refractivity contribution in [3.63, 3.8) is 0 Å². The highest BCUT2D eigenvalue weighted by atomic mass is 32.1. The molecule has 0 N–H and O–H groups in total. The van der Waals surface area contributed by atoms with Gasteiger partial charge in [0, 0.05) is 63.1 Å². The Hall–Kier alpha value is -7.38. The molecule has 2 aliphatic heterocycles. The third-order valence-electron chi connectivity index (χ3n) is 12.0. The molecule has 0 unspecified atom stereocenters. The maximum absolute atomic E-state index is 2.44. The van der Waals surface area contributed by atoms with Crippen molar-refractivity contribution >= 4 is 131 Å². The Morgan fingerprint density at radius 3 is 0.800 bits per heavy atom. The Balaban J connectivity index is 0.939. The molecule has 2 aliphatic rings. The molecule has 0 amide bonds. The van der Waals surface area contributed by atoms with Gasteiger partial charge in [-0.15, -0.1) is 22.7 Å². The molecule has 9 aromatic carbocycles. The van der Waals surface area contributed by atoms with Crippen LogP contribution in [-0.4, -0.2) is 0 Å². The van der Waals surface area contributed by atoms with E-state index in [2.05, 4.69) is 226 Å². The first-order valence-corrected chi connectivity index (χ1v) is 21.9. The molecule has 0 radical (unpaired) electrons. The zero-order chi connectivity index (χ0) is 39.3. The van der Waals surface area contributed by atoms with E-state index in [4.69, 9.17) is 0 Å². The minimum absolute atomic E-state index is 1.15. The first-order valence-electron chi connectivity index (χ1n) is 20.3. The Bertz CT molecular complexity index is 3150.